The molecule has 1 aliphatic carbocycles. The van der Waals surface area contributed by atoms with E-state index in [2.05, 4.69) is 5.32 Å². The van der Waals surface area contributed by atoms with Gasteiger partial charge in [0.05, 0.1) is 0 Å². The maximum atomic E-state index is 12.3. The van der Waals surface area contributed by atoms with Gasteiger partial charge in [-0.15, -0.1) is 0 Å². The molecular weight excluding hydrogens is 155 g/mol. The molecule has 0 aromatic rings. The van der Waals surface area contributed by atoms with Gasteiger partial charge in [-0.05, 0) is 18.3 Å². The molecule has 4 heteroatoms. The fourth-order valence-electron chi connectivity index (χ4n) is 2.34. The van der Waals surface area contributed by atoms with E-state index in [-0.39, 0.29) is 18.3 Å². The number of nitrogens with one attached hydrogen (secondary N) is 1. The molecule has 2 saturated heterocycles. The van der Waals surface area contributed by atoms with Crippen LogP contribution in [0.1, 0.15) is 19.8 Å². The molecule has 3 fully saturated rings. The highest BCUT2D eigenvalue weighted by Gasteiger charge is 2.70. The van der Waals surface area contributed by atoms with E-state index in [1.807, 2.05) is 6.92 Å². The Hall–Kier alpha value is -0.250. The largest absolute Gasteiger partial charge is 0.406 e. The van der Waals surface area contributed by atoms with E-state index < -0.39 is 11.7 Å². The van der Waals surface area contributed by atoms with E-state index in [0.717, 1.165) is 0 Å². The summed E-state index contributed by atoms with van der Waals surface area (Å²) >= 11 is 0. The quantitative estimate of drug-likeness (QED) is 0.576. The topological polar surface area (TPSA) is 12.0 Å². The number of alkyl halides is 3. The minimum atomic E-state index is -4.05. The summed E-state index contributed by atoms with van der Waals surface area (Å²) in [5, 5.41) is 2.56. The Morgan fingerprint density at radius 2 is 1.82 bits per heavy atom. The summed E-state index contributed by atoms with van der Waals surface area (Å²) < 4.78 is 36.9. The molecule has 1 saturated carbocycles. The van der Waals surface area contributed by atoms with Crippen LogP contribution in [-0.2, 0) is 0 Å². The van der Waals surface area contributed by atoms with Gasteiger partial charge >= 0.3 is 6.18 Å². The van der Waals surface area contributed by atoms with Crippen LogP contribution in [0.15, 0.2) is 0 Å². The Morgan fingerprint density at radius 3 is 2.00 bits per heavy atom. The lowest BCUT2D eigenvalue weighted by atomic mass is 9.63. The Morgan fingerprint density at radius 1 is 1.27 bits per heavy atom. The lowest BCUT2D eigenvalue weighted by molar-refractivity contribution is -0.218. The summed E-state index contributed by atoms with van der Waals surface area (Å²) in [6.45, 7) is 2.42. The third-order valence-corrected chi connectivity index (χ3v) is 2.85. The van der Waals surface area contributed by atoms with Crippen LogP contribution in [0.2, 0.25) is 0 Å². The molecule has 1 nitrogen and oxygen atoms in total. The van der Waals surface area contributed by atoms with Gasteiger partial charge in [0.25, 0.3) is 0 Å². The Kier molecular flexibility index (Phi) is 1.06. The molecule has 0 spiro atoms. The predicted octanol–water partition coefficient (Wildman–Crippen LogP) is 1.69. The van der Waals surface area contributed by atoms with Crippen molar-refractivity contribution in [1.82, 2.24) is 5.32 Å². The molecule has 0 atom stereocenters. The van der Waals surface area contributed by atoms with Gasteiger partial charge in [0.2, 0.25) is 0 Å². The fourth-order valence-corrected chi connectivity index (χ4v) is 2.34. The number of hydrogen-bond acceptors (Lipinski definition) is 1. The van der Waals surface area contributed by atoms with Crippen molar-refractivity contribution in [2.75, 3.05) is 6.54 Å². The van der Waals surface area contributed by atoms with E-state index in [0.29, 0.717) is 6.54 Å². The van der Waals surface area contributed by atoms with E-state index in [1.54, 1.807) is 0 Å². The van der Waals surface area contributed by atoms with Gasteiger partial charge in [0, 0.05) is 6.54 Å². The van der Waals surface area contributed by atoms with Crippen molar-refractivity contribution in [3.8, 4) is 0 Å². The zero-order chi connectivity index (χ0) is 8.33. The molecule has 0 amide bonds. The fraction of sp³-hybridized carbons (Fsp3) is 1.00. The molecule has 2 bridgehead atoms. The Labute approximate surface area is 63.0 Å². The van der Waals surface area contributed by atoms with E-state index in [9.17, 15) is 13.2 Å². The van der Waals surface area contributed by atoms with Gasteiger partial charge in [-0.3, -0.25) is 0 Å². The van der Waals surface area contributed by atoms with E-state index in [4.69, 9.17) is 0 Å². The van der Waals surface area contributed by atoms with Gasteiger partial charge in [0.15, 0.2) is 0 Å². The second-order valence-electron chi connectivity index (χ2n) is 4.10. The Balaban J connectivity index is 2.19. The van der Waals surface area contributed by atoms with Crippen molar-refractivity contribution >= 4 is 0 Å². The van der Waals surface area contributed by atoms with Crippen molar-refractivity contribution in [3.05, 3.63) is 0 Å². The van der Waals surface area contributed by atoms with E-state index in [1.165, 1.54) is 0 Å². The van der Waals surface area contributed by atoms with Crippen LogP contribution in [0.5, 0.6) is 0 Å². The molecule has 1 N–H and O–H groups in total. The molecule has 0 radical (unpaired) electrons. The monoisotopic (exact) mass is 165 g/mol. The van der Waals surface area contributed by atoms with E-state index >= 15 is 0 Å². The zero-order valence-electron chi connectivity index (χ0n) is 6.26. The lowest BCUT2D eigenvalue weighted by Crippen LogP contribution is -2.57. The van der Waals surface area contributed by atoms with Crippen molar-refractivity contribution in [1.29, 1.82) is 0 Å². The average molecular weight is 165 g/mol. The van der Waals surface area contributed by atoms with Gasteiger partial charge in [-0.25, -0.2) is 0 Å². The van der Waals surface area contributed by atoms with Gasteiger partial charge < -0.3 is 5.32 Å². The van der Waals surface area contributed by atoms with Gasteiger partial charge in [-0.1, -0.05) is 6.92 Å². The first-order valence-corrected chi connectivity index (χ1v) is 3.69. The van der Waals surface area contributed by atoms with Crippen LogP contribution in [-0.4, -0.2) is 18.3 Å². The van der Waals surface area contributed by atoms with Crippen LogP contribution in [0, 0.1) is 5.41 Å². The lowest BCUT2D eigenvalue weighted by Gasteiger charge is -2.44. The second-order valence-corrected chi connectivity index (χ2v) is 4.10. The minimum absolute atomic E-state index is 0.0739. The standard InChI is InChI=1S/C7H10F3N/c1-5-2-6(3-5,11-4-5)7(8,9)10/h11H,2-4H2,1H3. The molecular formula is C7H10F3N. The minimum Gasteiger partial charge on any atom is -0.303 e. The van der Waals surface area contributed by atoms with Crippen LogP contribution >= 0.6 is 0 Å². The van der Waals surface area contributed by atoms with Crippen LogP contribution in [0.3, 0.4) is 0 Å². The Bertz CT molecular complexity index is 190. The molecule has 0 unspecified atom stereocenters. The molecule has 3 aliphatic rings. The van der Waals surface area contributed by atoms with Crippen LogP contribution in [0.25, 0.3) is 0 Å². The highest BCUT2D eigenvalue weighted by Crippen LogP contribution is 2.59. The number of rotatable bonds is 0. The average Bonchev–Trinajstić information content (AvgIpc) is 2.16. The first-order chi connectivity index (χ1) is 4.87. The SMILES string of the molecule is CC12CNC(C(F)(F)F)(C1)C2. The summed E-state index contributed by atoms with van der Waals surface area (Å²) in [5.41, 5.74) is -1.59. The van der Waals surface area contributed by atoms with Crippen molar-refractivity contribution < 1.29 is 13.2 Å². The molecule has 0 aromatic heterocycles. The number of hydrogen-bond donors (Lipinski definition) is 1. The molecule has 11 heavy (non-hydrogen) atoms. The molecule has 0 aromatic carbocycles. The number of fused-ring (bicyclic) bond motifs is 1. The van der Waals surface area contributed by atoms with Crippen molar-refractivity contribution in [2.45, 2.75) is 31.5 Å². The highest BCUT2D eigenvalue weighted by atomic mass is 19.4. The first kappa shape index (κ1) is 7.40. The van der Waals surface area contributed by atoms with Gasteiger partial charge in [0.1, 0.15) is 5.54 Å². The summed E-state index contributed by atoms with van der Waals surface area (Å²) in [6, 6.07) is 0. The predicted molar refractivity (Wildman–Crippen MR) is 34.1 cm³/mol. The highest BCUT2D eigenvalue weighted by molar-refractivity contribution is 5.18. The second kappa shape index (κ2) is 1.58. The van der Waals surface area contributed by atoms with Crippen LogP contribution < -0.4 is 5.32 Å². The molecule has 2 heterocycles. The normalized spacial score (nSPS) is 49.1. The van der Waals surface area contributed by atoms with Crippen molar-refractivity contribution in [3.63, 3.8) is 0 Å². The van der Waals surface area contributed by atoms with Crippen LogP contribution in [0.4, 0.5) is 13.2 Å². The summed E-state index contributed by atoms with van der Waals surface area (Å²) in [6.07, 6.45) is -3.52. The summed E-state index contributed by atoms with van der Waals surface area (Å²) in [5.74, 6) is 0. The smallest absolute Gasteiger partial charge is 0.303 e. The molecule has 3 rings (SSSR count). The maximum absolute atomic E-state index is 12.3. The number of halogens is 3. The van der Waals surface area contributed by atoms with Gasteiger partial charge in [-0.2, -0.15) is 13.2 Å². The summed E-state index contributed by atoms with van der Waals surface area (Å²) in [4.78, 5) is 0. The first-order valence-electron chi connectivity index (χ1n) is 3.69. The molecule has 2 aliphatic heterocycles. The third kappa shape index (κ3) is 0.760. The van der Waals surface area contributed by atoms with Crippen molar-refractivity contribution in [2.24, 2.45) is 5.41 Å². The summed E-state index contributed by atoms with van der Waals surface area (Å²) in [7, 11) is 0. The molecule has 64 valence electrons. The zero-order valence-corrected chi connectivity index (χ0v) is 6.26. The third-order valence-electron chi connectivity index (χ3n) is 2.85. The maximum Gasteiger partial charge on any atom is 0.406 e.